The quantitative estimate of drug-likeness (QED) is 0.184. The van der Waals surface area contributed by atoms with Crippen LogP contribution in [0, 0.1) is 34.6 Å². The first-order valence-corrected chi connectivity index (χ1v) is 15.9. The molecule has 0 amide bonds. The van der Waals surface area contributed by atoms with Crippen LogP contribution in [0.3, 0.4) is 0 Å². The maximum Gasteiger partial charge on any atom is -0.00259 e. The molecule has 0 aliphatic carbocycles. The Kier molecular flexibility index (Phi) is 6.36. The van der Waals surface area contributed by atoms with E-state index < -0.39 is 0 Å². The number of rotatable bonds is 3. The Morgan fingerprint density at radius 1 is 0.267 bits per heavy atom. The first-order valence-electron chi connectivity index (χ1n) is 15.9. The van der Waals surface area contributed by atoms with Crippen molar-refractivity contribution in [1.82, 2.24) is 0 Å². The van der Waals surface area contributed by atoms with Gasteiger partial charge in [-0.05, 0) is 157 Å². The fourth-order valence-electron chi connectivity index (χ4n) is 7.58. The first kappa shape index (κ1) is 27.4. The van der Waals surface area contributed by atoms with Crippen LogP contribution in [0.4, 0.5) is 0 Å². The molecule has 0 aliphatic rings. The van der Waals surface area contributed by atoms with E-state index in [9.17, 15) is 0 Å². The van der Waals surface area contributed by atoms with Crippen LogP contribution >= 0.6 is 0 Å². The molecule has 0 fully saturated rings. The Labute approximate surface area is 265 Å². The molecule has 0 saturated carbocycles. The molecule has 0 N–H and O–H groups in total. The molecule has 0 aliphatic heterocycles. The molecule has 45 heavy (non-hydrogen) atoms. The summed E-state index contributed by atoms with van der Waals surface area (Å²) in [5.74, 6) is 0. The molecule has 8 aromatic rings. The van der Waals surface area contributed by atoms with Crippen molar-refractivity contribution in [3.8, 4) is 33.4 Å². The van der Waals surface area contributed by atoms with Gasteiger partial charge < -0.3 is 0 Å². The molecule has 0 atom stereocenters. The largest absolute Gasteiger partial charge is 0.0616 e. The number of benzene rings is 8. The van der Waals surface area contributed by atoms with Crippen LogP contribution in [0.1, 0.15) is 27.8 Å². The highest BCUT2D eigenvalue weighted by molar-refractivity contribution is 6.22. The molecule has 8 aromatic carbocycles. The third-order valence-corrected chi connectivity index (χ3v) is 10.4. The summed E-state index contributed by atoms with van der Waals surface area (Å²) in [6.07, 6.45) is 0. The lowest BCUT2D eigenvalue weighted by molar-refractivity contribution is 1.18. The Balaban J connectivity index is 1.53. The molecular formula is C45H36. The number of fused-ring (bicyclic) bond motifs is 4. The van der Waals surface area contributed by atoms with E-state index in [0.29, 0.717) is 0 Å². The summed E-state index contributed by atoms with van der Waals surface area (Å²) in [4.78, 5) is 0. The van der Waals surface area contributed by atoms with Crippen LogP contribution < -0.4 is 0 Å². The van der Waals surface area contributed by atoms with Gasteiger partial charge in [-0.25, -0.2) is 0 Å². The van der Waals surface area contributed by atoms with E-state index >= 15 is 0 Å². The van der Waals surface area contributed by atoms with E-state index in [2.05, 4.69) is 162 Å². The lowest BCUT2D eigenvalue weighted by Crippen LogP contribution is -2.00. The van der Waals surface area contributed by atoms with E-state index in [-0.39, 0.29) is 0 Å². The topological polar surface area (TPSA) is 0 Å². The minimum Gasteiger partial charge on any atom is -0.0616 e. The third-order valence-electron chi connectivity index (χ3n) is 10.4. The van der Waals surface area contributed by atoms with Crippen molar-refractivity contribution >= 4 is 43.1 Å². The molecule has 0 heterocycles. The fourth-order valence-corrected chi connectivity index (χ4v) is 7.58. The predicted octanol–water partition coefficient (Wildman–Crippen LogP) is 12.8. The van der Waals surface area contributed by atoms with Gasteiger partial charge in [0.2, 0.25) is 0 Å². The van der Waals surface area contributed by atoms with Gasteiger partial charge in [0.1, 0.15) is 0 Å². The van der Waals surface area contributed by atoms with Crippen LogP contribution in [0.25, 0.3) is 76.5 Å². The minimum atomic E-state index is 1.25. The minimum absolute atomic E-state index is 1.25. The fraction of sp³-hybridized carbons (Fsp3) is 0.111. The highest BCUT2D eigenvalue weighted by Crippen LogP contribution is 2.46. The van der Waals surface area contributed by atoms with Crippen molar-refractivity contribution in [3.05, 3.63) is 155 Å². The van der Waals surface area contributed by atoms with Crippen molar-refractivity contribution in [2.24, 2.45) is 0 Å². The van der Waals surface area contributed by atoms with Crippen LogP contribution in [0.15, 0.2) is 127 Å². The maximum atomic E-state index is 2.47. The second kappa shape index (κ2) is 10.5. The summed E-state index contributed by atoms with van der Waals surface area (Å²) in [5.41, 5.74) is 14.7. The molecule has 0 radical (unpaired) electrons. The summed E-state index contributed by atoms with van der Waals surface area (Å²) in [5, 5.41) is 10.2. The molecule has 0 aromatic heterocycles. The molecule has 0 unspecified atom stereocenters. The number of hydrogen-bond acceptors (Lipinski definition) is 0. The van der Waals surface area contributed by atoms with Gasteiger partial charge in [-0.3, -0.25) is 0 Å². The molecular weight excluding hydrogens is 540 g/mol. The average molecular weight is 577 g/mol. The van der Waals surface area contributed by atoms with Crippen LogP contribution in [-0.2, 0) is 0 Å². The van der Waals surface area contributed by atoms with Gasteiger partial charge >= 0.3 is 0 Å². The zero-order valence-electron chi connectivity index (χ0n) is 26.6. The summed E-state index contributed by atoms with van der Waals surface area (Å²) < 4.78 is 0. The predicted molar refractivity (Wildman–Crippen MR) is 196 cm³/mol. The van der Waals surface area contributed by atoms with Crippen LogP contribution in [0.5, 0.6) is 0 Å². The lowest BCUT2D eigenvalue weighted by atomic mass is 9.82. The summed E-state index contributed by atoms with van der Waals surface area (Å²) in [6.45, 7) is 11.4. The highest BCUT2D eigenvalue weighted by Gasteiger charge is 2.20. The second-order valence-electron chi connectivity index (χ2n) is 12.7. The normalized spacial score (nSPS) is 11.7. The van der Waals surface area contributed by atoms with Gasteiger partial charge in [-0.2, -0.15) is 0 Å². The third kappa shape index (κ3) is 4.28. The van der Waals surface area contributed by atoms with Gasteiger partial charge in [-0.15, -0.1) is 0 Å². The van der Waals surface area contributed by atoms with Crippen molar-refractivity contribution in [2.45, 2.75) is 34.6 Å². The monoisotopic (exact) mass is 576 g/mol. The van der Waals surface area contributed by atoms with Crippen molar-refractivity contribution < 1.29 is 0 Å². The van der Waals surface area contributed by atoms with Gasteiger partial charge in [0.25, 0.3) is 0 Å². The maximum absolute atomic E-state index is 2.47. The van der Waals surface area contributed by atoms with Gasteiger partial charge in [0.15, 0.2) is 0 Å². The average Bonchev–Trinajstić information content (AvgIpc) is 3.08. The van der Waals surface area contributed by atoms with E-state index in [1.165, 1.54) is 104 Å². The van der Waals surface area contributed by atoms with Gasteiger partial charge in [0, 0.05) is 0 Å². The molecule has 8 rings (SSSR count). The molecule has 0 saturated heterocycles. The van der Waals surface area contributed by atoms with Crippen LogP contribution in [-0.4, -0.2) is 0 Å². The highest BCUT2D eigenvalue weighted by atomic mass is 14.2. The Bertz CT molecular complexity index is 2440. The molecule has 216 valence electrons. The summed E-state index contributed by atoms with van der Waals surface area (Å²) >= 11 is 0. The van der Waals surface area contributed by atoms with E-state index in [0.717, 1.165) is 0 Å². The number of hydrogen-bond donors (Lipinski definition) is 0. The van der Waals surface area contributed by atoms with Gasteiger partial charge in [0.05, 0.1) is 0 Å². The Morgan fingerprint density at radius 3 is 1.18 bits per heavy atom. The van der Waals surface area contributed by atoms with E-state index in [4.69, 9.17) is 0 Å². The zero-order valence-corrected chi connectivity index (χ0v) is 26.6. The molecule has 0 heteroatoms. The summed E-state index contributed by atoms with van der Waals surface area (Å²) in [7, 11) is 0. The molecule has 0 nitrogen and oxygen atoms in total. The Hall–Kier alpha value is -5.20. The van der Waals surface area contributed by atoms with Gasteiger partial charge in [-0.1, -0.05) is 109 Å². The van der Waals surface area contributed by atoms with Crippen molar-refractivity contribution in [1.29, 1.82) is 0 Å². The standard InChI is InChI=1S/C45H36/c1-27-28(2)30(4)43(31(5)29(27)3)38-22-23-41-42(26-38)45(37-21-19-33-13-7-9-15-35(33)25-37)40-17-11-10-16-39(40)44(41)36-20-18-32-12-6-8-14-34(32)24-36/h6-26H,1-5H3. The SMILES string of the molecule is Cc1c(C)c(C)c(-c2ccc3c(-c4ccc5ccccc5c4)c4ccccc4c(-c4ccc5ccccc5c4)c3c2)c(C)c1C. The molecule has 0 spiro atoms. The smallest absolute Gasteiger partial charge is 0.00259 e. The Morgan fingerprint density at radius 2 is 0.644 bits per heavy atom. The first-order chi connectivity index (χ1) is 21.9. The molecule has 0 bridgehead atoms. The van der Waals surface area contributed by atoms with E-state index in [1.807, 2.05) is 0 Å². The van der Waals surface area contributed by atoms with E-state index in [1.54, 1.807) is 0 Å². The lowest BCUT2D eigenvalue weighted by Gasteiger charge is -2.22. The second-order valence-corrected chi connectivity index (χ2v) is 12.7. The van der Waals surface area contributed by atoms with Crippen LogP contribution in [0.2, 0.25) is 0 Å². The van der Waals surface area contributed by atoms with Crippen molar-refractivity contribution in [3.63, 3.8) is 0 Å². The van der Waals surface area contributed by atoms with Crippen molar-refractivity contribution in [2.75, 3.05) is 0 Å². The zero-order chi connectivity index (χ0) is 30.8. The summed E-state index contributed by atoms with van der Waals surface area (Å²) in [6, 6.07) is 47.4.